The van der Waals surface area contributed by atoms with E-state index in [9.17, 15) is 4.79 Å². The van der Waals surface area contributed by atoms with E-state index in [1.165, 1.54) is 30.2 Å². The predicted octanol–water partition coefficient (Wildman–Crippen LogP) is 3.42. The molecule has 2 atom stereocenters. The molecule has 2 saturated carbocycles. The molecule has 2 aromatic heterocycles. The Balaban J connectivity index is 1.23. The van der Waals surface area contributed by atoms with E-state index in [0.29, 0.717) is 29.7 Å². The van der Waals surface area contributed by atoms with E-state index in [1.54, 1.807) is 0 Å². The first-order chi connectivity index (χ1) is 13.2. The molecule has 0 spiro atoms. The van der Waals surface area contributed by atoms with E-state index < -0.39 is 0 Å². The molecule has 1 saturated heterocycles. The predicted molar refractivity (Wildman–Crippen MR) is 106 cm³/mol. The van der Waals surface area contributed by atoms with Gasteiger partial charge in [-0.3, -0.25) is 4.79 Å². The first-order valence-electron chi connectivity index (χ1n) is 10.7. The molecular formula is C22H30N4O. The van der Waals surface area contributed by atoms with Crippen LogP contribution in [0, 0.1) is 17.8 Å². The number of H-pyrrole nitrogens is 1. The summed E-state index contributed by atoms with van der Waals surface area (Å²) >= 11 is 0. The number of carbonyl (C=O) groups is 1. The van der Waals surface area contributed by atoms with E-state index in [0.717, 1.165) is 44.4 Å². The van der Waals surface area contributed by atoms with Gasteiger partial charge >= 0.3 is 0 Å². The number of piperidine rings is 1. The Morgan fingerprint density at radius 3 is 2.63 bits per heavy atom. The number of hydrogen-bond donors (Lipinski definition) is 2. The van der Waals surface area contributed by atoms with Crippen LogP contribution in [0.25, 0.3) is 11.0 Å². The molecule has 1 aliphatic heterocycles. The average Bonchev–Trinajstić information content (AvgIpc) is 3.11. The summed E-state index contributed by atoms with van der Waals surface area (Å²) in [7, 11) is 0. The number of likely N-dealkylation sites (tertiary alicyclic amines) is 1. The molecule has 2 aliphatic carbocycles. The lowest BCUT2D eigenvalue weighted by atomic mass is 9.65. The SMILES string of the molecule is NC1C2CCCC1CC(C(=O)N1CCC(c3c[nH]c4ncccc34)CC1)C2. The number of nitrogens with one attached hydrogen (secondary N) is 1. The summed E-state index contributed by atoms with van der Waals surface area (Å²) < 4.78 is 0. The minimum Gasteiger partial charge on any atom is -0.346 e. The fraction of sp³-hybridized carbons (Fsp3) is 0.636. The quantitative estimate of drug-likeness (QED) is 0.855. The van der Waals surface area contributed by atoms with E-state index >= 15 is 0 Å². The Hall–Kier alpha value is -1.88. The second-order valence-corrected chi connectivity index (χ2v) is 8.94. The summed E-state index contributed by atoms with van der Waals surface area (Å²) in [6.45, 7) is 1.77. The Morgan fingerprint density at radius 1 is 1.15 bits per heavy atom. The van der Waals surface area contributed by atoms with Gasteiger partial charge in [0.25, 0.3) is 0 Å². The minimum absolute atomic E-state index is 0.217. The zero-order chi connectivity index (χ0) is 18.4. The number of hydrogen-bond acceptors (Lipinski definition) is 3. The molecule has 3 aliphatic rings. The third kappa shape index (κ3) is 3.06. The second-order valence-electron chi connectivity index (χ2n) is 8.94. The van der Waals surface area contributed by atoms with E-state index in [-0.39, 0.29) is 5.92 Å². The highest BCUT2D eigenvalue weighted by molar-refractivity contribution is 5.81. The molecule has 2 bridgehead atoms. The maximum Gasteiger partial charge on any atom is 0.225 e. The number of rotatable bonds is 2. The van der Waals surface area contributed by atoms with Crippen molar-refractivity contribution in [1.29, 1.82) is 0 Å². The minimum atomic E-state index is 0.217. The van der Waals surface area contributed by atoms with Gasteiger partial charge in [0.05, 0.1) is 0 Å². The molecule has 2 unspecified atom stereocenters. The van der Waals surface area contributed by atoms with Gasteiger partial charge in [0, 0.05) is 42.8 Å². The molecule has 144 valence electrons. The standard InChI is InChI=1S/C22H30N4O/c23-20-15-3-1-4-16(20)12-17(11-15)22(27)26-9-6-14(7-10-26)19-13-25-21-18(19)5-2-8-24-21/h2,5,8,13-17,20H,1,3-4,6-7,9-12,23H2,(H,24,25). The molecule has 5 heteroatoms. The third-order valence-electron chi connectivity index (χ3n) is 7.49. The van der Waals surface area contributed by atoms with Crippen molar-refractivity contribution in [2.24, 2.45) is 23.5 Å². The van der Waals surface area contributed by atoms with Crippen molar-refractivity contribution >= 4 is 16.9 Å². The number of pyridine rings is 1. The van der Waals surface area contributed by atoms with Crippen LogP contribution in [0.4, 0.5) is 0 Å². The summed E-state index contributed by atoms with van der Waals surface area (Å²) in [4.78, 5) is 23.0. The van der Waals surface area contributed by atoms with Crippen LogP contribution in [-0.4, -0.2) is 39.9 Å². The van der Waals surface area contributed by atoms with Gasteiger partial charge in [0.15, 0.2) is 0 Å². The molecule has 3 N–H and O–H groups in total. The number of amides is 1. The Labute approximate surface area is 160 Å². The van der Waals surface area contributed by atoms with Crippen molar-refractivity contribution in [3.05, 3.63) is 30.1 Å². The van der Waals surface area contributed by atoms with Gasteiger partial charge in [-0.05, 0) is 74.0 Å². The van der Waals surface area contributed by atoms with Gasteiger partial charge in [-0.2, -0.15) is 0 Å². The fourth-order valence-electron chi connectivity index (χ4n) is 5.97. The number of nitrogens with zero attached hydrogens (tertiary/aromatic N) is 2. The van der Waals surface area contributed by atoms with Crippen molar-refractivity contribution in [2.75, 3.05) is 13.1 Å². The van der Waals surface area contributed by atoms with Crippen LogP contribution >= 0.6 is 0 Å². The maximum absolute atomic E-state index is 13.2. The number of aromatic nitrogens is 2. The summed E-state index contributed by atoms with van der Waals surface area (Å²) in [6, 6.07) is 4.49. The van der Waals surface area contributed by atoms with E-state index in [2.05, 4.69) is 27.1 Å². The van der Waals surface area contributed by atoms with Crippen LogP contribution in [-0.2, 0) is 4.79 Å². The first kappa shape index (κ1) is 17.2. The fourth-order valence-corrected chi connectivity index (χ4v) is 5.97. The lowest BCUT2D eigenvalue weighted by Crippen LogP contribution is -2.50. The van der Waals surface area contributed by atoms with Crippen LogP contribution in [0.5, 0.6) is 0 Å². The summed E-state index contributed by atoms with van der Waals surface area (Å²) in [6.07, 6.45) is 11.8. The normalized spacial score (nSPS) is 32.0. The topological polar surface area (TPSA) is 75.0 Å². The average molecular weight is 367 g/mol. The maximum atomic E-state index is 13.2. The summed E-state index contributed by atoms with van der Waals surface area (Å²) in [5.74, 6) is 2.28. The molecular weight excluding hydrogens is 336 g/mol. The monoisotopic (exact) mass is 366 g/mol. The van der Waals surface area contributed by atoms with Crippen molar-refractivity contribution in [3.63, 3.8) is 0 Å². The van der Waals surface area contributed by atoms with Crippen LogP contribution in [0.1, 0.15) is 56.4 Å². The zero-order valence-corrected chi connectivity index (χ0v) is 15.9. The van der Waals surface area contributed by atoms with Gasteiger partial charge in [-0.1, -0.05) is 6.42 Å². The van der Waals surface area contributed by atoms with Crippen LogP contribution in [0.3, 0.4) is 0 Å². The largest absolute Gasteiger partial charge is 0.346 e. The van der Waals surface area contributed by atoms with E-state index in [1.807, 2.05) is 12.3 Å². The molecule has 2 aromatic rings. The lowest BCUT2D eigenvalue weighted by Gasteiger charge is -2.45. The first-order valence-corrected chi connectivity index (χ1v) is 10.7. The van der Waals surface area contributed by atoms with Gasteiger partial charge < -0.3 is 15.6 Å². The number of aromatic amines is 1. The molecule has 3 heterocycles. The van der Waals surface area contributed by atoms with Crippen molar-refractivity contribution in [2.45, 2.75) is 56.9 Å². The highest BCUT2D eigenvalue weighted by Gasteiger charge is 2.42. The van der Waals surface area contributed by atoms with Gasteiger partial charge in [-0.25, -0.2) is 4.98 Å². The highest BCUT2D eigenvalue weighted by Crippen LogP contribution is 2.43. The molecule has 3 fully saturated rings. The van der Waals surface area contributed by atoms with Gasteiger partial charge in [0.1, 0.15) is 5.65 Å². The number of carbonyl (C=O) groups excluding carboxylic acids is 1. The molecule has 5 rings (SSSR count). The molecule has 27 heavy (non-hydrogen) atoms. The molecule has 5 nitrogen and oxygen atoms in total. The van der Waals surface area contributed by atoms with Crippen LogP contribution in [0.15, 0.2) is 24.5 Å². The number of fused-ring (bicyclic) bond motifs is 3. The Kier molecular flexibility index (Phi) is 4.43. The van der Waals surface area contributed by atoms with Gasteiger partial charge in [0.2, 0.25) is 5.91 Å². The van der Waals surface area contributed by atoms with Crippen molar-refractivity contribution in [3.8, 4) is 0 Å². The Morgan fingerprint density at radius 2 is 1.89 bits per heavy atom. The highest BCUT2D eigenvalue weighted by atomic mass is 16.2. The second kappa shape index (κ2) is 6.93. The molecule has 0 radical (unpaired) electrons. The molecule has 0 aromatic carbocycles. The summed E-state index contributed by atoms with van der Waals surface area (Å²) in [5, 5.41) is 1.23. The summed E-state index contributed by atoms with van der Waals surface area (Å²) in [5.41, 5.74) is 8.74. The smallest absolute Gasteiger partial charge is 0.225 e. The van der Waals surface area contributed by atoms with Crippen molar-refractivity contribution < 1.29 is 4.79 Å². The van der Waals surface area contributed by atoms with E-state index in [4.69, 9.17) is 5.73 Å². The van der Waals surface area contributed by atoms with Crippen LogP contribution in [0.2, 0.25) is 0 Å². The van der Waals surface area contributed by atoms with Crippen LogP contribution < -0.4 is 5.73 Å². The molecule has 1 amide bonds. The number of nitrogens with two attached hydrogens (primary N) is 1. The zero-order valence-electron chi connectivity index (χ0n) is 15.9. The Bertz CT molecular complexity index is 809. The third-order valence-corrected chi connectivity index (χ3v) is 7.49. The van der Waals surface area contributed by atoms with Gasteiger partial charge in [-0.15, -0.1) is 0 Å². The van der Waals surface area contributed by atoms with Crippen molar-refractivity contribution in [1.82, 2.24) is 14.9 Å². The lowest BCUT2D eigenvalue weighted by molar-refractivity contribution is -0.139.